The highest BCUT2D eigenvalue weighted by atomic mass is 35.5. The minimum Gasteiger partial charge on any atom is -0.492 e. The van der Waals surface area contributed by atoms with Gasteiger partial charge in [-0.05, 0) is 49.2 Å². The summed E-state index contributed by atoms with van der Waals surface area (Å²) in [5.74, 6) is 1.25. The molecule has 8 heteroatoms. The van der Waals surface area contributed by atoms with Gasteiger partial charge in [0.1, 0.15) is 29.0 Å². The van der Waals surface area contributed by atoms with Crippen LogP contribution in [0.1, 0.15) is 25.7 Å². The highest BCUT2D eigenvalue weighted by molar-refractivity contribution is 5.85. The monoisotopic (exact) mass is 440 g/mol. The molecule has 0 spiro atoms. The average molecular weight is 441 g/mol. The highest BCUT2D eigenvalue weighted by Gasteiger charge is 2.13. The fourth-order valence-corrected chi connectivity index (χ4v) is 4.08. The molecule has 0 aliphatic heterocycles. The van der Waals surface area contributed by atoms with Gasteiger partial charge in [-0.1, -0.05) is 18.0 Å². The Balaban J connectivity index is 0.00000231. The van der Waals surface area contributed by atoms with Crippen molar-refractivity contribution in [2.24, 2.45) is 5.16 Å². The van der Waals surface area contributed by atoms with Crippen molar-refractivity contribution in [2.75, 3.05) is 13.2 Å². The van der Waals surface area contributed by atoms with E-state index in [4.69, 9.17) is 9.15 Å². The molecule has 1 aliphatic rings. The number of nitrogens with zero attached hydrogens (tertiary/aromatic N) is 3. The minimum absolute atomic E-state index is 0. The molecule has 31 heavy (non-hydrogen) atoms. The number of rotatable bonds is 6. The smallest absolute Gasteiger partial charge is 0.155 e. The van der Waals surface area contributed by atoms with Crippen LogP contribution in [0.25, 0.3) is 27.9 Å². The third kappa shape index (κ3) is 4.52. The Kier molecular flexibility index (Phi) is 6.44. The van der Waals surface area contributed by atoms with Gasteiger partial charge in [-0.2, -0.15) is 0 Å². The average Bonchev–Trinajstić information content (AvgIpc) is 3.47. The third-order valence-electron chi connectivity index (χ3n) is 5.65. The quantitative estimate of drug-likeness (QED) is 0.264. The van der Waals surface area contributed by atoms with E-state index < -0.39 is 0 Å². The second-order valence-electron chi connectivity index (χ2n) is 7.65. The summed E-state index contributed by atoms with van der Waals surface area (Å²) in [5.41, 5.74) is 2.29. The van der Waals surface area contributed by atoms with Crippen LogP contribution in [0.4, 0.5) is 0 Å². The zero-order chi connectivity index (χ0) is 20.3. The third-order valence-corrected chi connectivity index (χ3v) is 5.65. The largest absolute Gasteiger partial charge is 0.492 e. The minimum atomic E-state index is 0. The Hall–Kier alpha value is -3.03. The molecular weight excluding hydrogens is 416 g/mol. The molecule has 3 aromatic heterocycles. The molecule has 4 aromatic rings. The van der Waals surface area contributed by atoms with Crippen LogP contribution < -0.4 is 15.4 Å². The van der Waals surface area contributed by atoms with Crippen LogP contribution in [0.3, 0.4) is 0 Å². The number of fused-ring (bicyclic) bond motifs is 2. The van der Waals surface area contributed by atoms with Crippen molar-refractivity contribution in [1.29, 1.82) is 0 Å². The lowest BCUT2D eigenvalue weighted by Gasteiger charge is -2.12. The molecule has 162 valence electrons. The molecule has 1 aromatic carbocycles. The molecule has 5 rings (SSSR count). The van der Waals surface area contributed by atoms with Gasteiger partial charge in [-0.15, -0.1) is 12.4 Å². The van der Waals surface area contributed by atoms with Crippen LogP contribution in [0, 0.1) is 0 Å². The maximum atomic E-state index is 9.58. The first kappa shape index (κ1) is 21.2. The van der Waals surface area contributed by atoms with E-state index in [9.17, 15) is 5.21 Å². The van der Waals surface area contributed by atoms with E-state index in [1.165, 1.54) is 25.7 Å². The van der Waals surface area contributed by atoms with Gasteiger partial charge in [0.15, 0.2) is 5.76 Å². The van der Waals surface area contributed by atoms with Gasteiger partial charge in [-0.25, -0.2) is 4.98 Å². The van der Waals surface area contributed by atoms with Gasteiger partial charge in [0.2, 0.25) is 0 Å². The fourth-order valence-electron chi connectivity index (χ4n) is 4.08. The summed E-state index contributed by atoms with van der Waals surface area (Å²) >= 11 is 0. The zero-order valence-corrected chi connectivity index (χ0v) is 17.8. The maximum absolute atomic E-state index is 9.58. The number of ether oxygens (including phenoxy) is 1. The fraction of sp³-hybridized carbons (Fsp3) is 0.304. The van der Waals surface area contributed by atoms with Crippen LogP contribution in [0.15, 0.2) is 64.6 Å². The van der Waals surface area contributed by atoms with Gasteiger partial charge >= 0.3 is 0 Å². The van der Waals surface area contributed by atoms with E-state index in [2.05, 4.69) is 15.5 Å². The Morgan fingerprint density at radius 2 is 2.06 bits per heavy atom. The van der Waals surface area contributed by atoms with Gasteiger partial charge in [0, 0.05) is 30.4 Å². The normalized spacial score (nSPS) is 14.9. The number of hydrogen-bond acceptors (Lipinski definition) is 6. The summed E-state index contributed by atoms with van der Waals surface area (Å²) in [6.07, 6.45) is 8.81. The van der Waals surface area contributed by atoms with Gasteiger partial charge < -0.3 is 24.1 Å². The van der Waals surface area contributed by atoms with E-state index in [1.54, 1.807) is 12.4 Å². The first-order valence-corrected chi connectivity index (χ1v) is 10.4. The van der Waals surface area contributed by atoms with E-state index in [0.717, 1.165) is 17.8 Å². The lowest BCUT2D eigenvalue weighted by Crippen LogP contribution is -2.30. The van der Waals surface area contributed by atoms with Crippen LogP contribution >= 0.6 is 12.4 Å². The predicted octanol–water partition coefficient (Wildman–Crippen LogP) is 4.37. The number of nitrogens with one attached hydrogen (secondary N) is 1. The molecule has 2 N–H and O–H groups in total. The van der Waals surface area contributed by atoms with Crippen molar-refractivity contribution in [1.82, 2.24) is 14.7 Å². The second-order valence-corrected chi connectivity index (χ2v) is 7.65. The van der Waals surface area contributed by atoms with Crippen LogP contribution in [-0.2, 0) is 0 Å². The molecule has 1 aliphatic carbocycles. The number of halogens is 1. The van der Waals surface area contributed by atoms with Crippen molar-refractivity contribution in [2.45, 2.75) is 31.7 Å². The molecule has 0 amide bonds. The summed E-state index contributed by atoms with van der Waals surface area (Å²) in [6, 6.07) is 13.8. The Morgan fingerprint density at radius 3 is 2.90 bits per heavy atom. The standard InChI is InChI=1S/C23H24N4O3.ClH/c28-26-20-14-23(21-12-17-6-3-10-27(17)15-25-21)30-22-8-7-18(13-19(20)22)29-11-9-24-16-4-1-2-5-16;/h3,6-8,10,12-16,24,28H,1-2,4-5,9,11H2;1H. The number of benzene rings is 1. The first-order valence-electron chi connectivity index (χ1n) is 10.4. The molecular formula is C23H25ClN4O3. The molecule has 0 bridgehead atoms. The van der Waals surface area contributed by atoms with Crippen molar-refractivity contribution < 1.29 is 14.4 Å². The topological polar surface area (TPSA) is 84.3 Å². The highest BCUT2D eigenvalue weighted by Crippen LogP contribution is 2.24. The summed E-state index contributed by atoms with van der Waals surface area (Å²) < 4.78 is 13.9. The van der Waals surface area contributed by atoms with E-state index in [-0.39, 0.29) is 12.4 Å². The predicted molar refractivity (Wildman–Crippen MR) is 121 cm³/mol. The SMILES string of the molecule is Cl.ON=c1cc(-c2cc3cccn3cn2)oc2ccc(OCCNC3CCCC3)cc12. The first-order chi connectivity index (χ1) is 14.8. The van der Waals surface area contributed by atoms with Gasteiger partial charge in [0.25, 0.3) is 0 Å². The Labute approximate surface area is 185 Å². The molecule has 0 atom stereocenters. The summed E-state index contributed by atoms with van der Waals surface area (Å²) in [6.45, 7) is 1.40. The number of hydrogen-bond donors (Lipinski definition) is 2. The zero-order valence-electron chi connectivity index (χ0n) is 17.0. The Morgan fingerprint density at radius 1 is 1.19 bits per heavy atom. The molecule has 0 saturated heterocycles. The molecule has 1 saturated carbocycles. The van der Waals surface area contributed by atoms with Gasteiger partial charge in [0.05, 0.1) is 11.7 Å². The number of aromatic nitrogens is 2. The summed E-state index contributed by atoms with van der Waals surface area (Å²) in [4.78, 5) is 4.45. The van der Waals surface area contributed by atoms with Crippen molar-refractivity contribution in [3.8, 4) is 17.2 Å². The molecule has 7 nitrogen and oxygen atoms in total. The second kappa shape index (κ2) is 9.41. The van der Waals surface area contributed by atoms with Crippen molar-refractivity contribution in [3.63, 3.8) is 0 Å². The van der Waals surface area contributed by atoms with Crippen LogP contribution in [0.2, 0.25) is 0 Å². The Bertz CT molecular complexity index is 1240. The molecule has 3 heterocycles. The lowest BCUT2D eigenvalue weighted by molar-refractivity contribution is 0.301. The molecule has 0 unspecified atom stereocenters. The summed E-state index contributed by atoms with van der Waals surface area (Å²) in [7, 11) is 0. The molecule has 1 fully saturated rings. The summed E-state index contributed by atoms with van der Waals surface area (Å²) in [5, 5.41) is 17.7. The van der Waals surface area contributed by atoms with Crippen LogP contribution in [-0.4, -0.2) is 33.8 Å². The van der Waals surface area contributed by atoms with E-state index in [0.29, 0.717) is 40.4 Å². The van der Waals surface area contributed by atoms with E-state index in [1.807, 2.05) is 47.0 Å². The van der Waals surface area contributed by atoms with Crippen molar-refractivity contribution in [3.05, 3.63) is 60.3 Å². The van der Waals surface area contributed by atoms with Gasteiger partial charge in [-0.3, -0.25) is 0 Å². The van der Waals surface area contributed by atoms with Crippen molar-refractivity contribution >= 4 is 28.9 Å². The lowest BCUT2D eigenvalue weighted by atomic mass is 10.2. The van der Waals surface area contributed by atoms with Crippen LogP contribution in [0.5, 0.6) is 5.75 Å². The molecule has 0 radical (unpaired) electrons. The van der Waals surface area contributed by atoms with E-state index >= 15 is 0 Å². The maximum Gasteiger partial charge on any atom is 0.155 e.